The molecule has 5 heteroatoms. The Bertz CT molecular complexity index is 308. The molecule has 0 aliphatic rings. The number of hydrogen-bond acceptors (Lipinski definition) is 4. The molecule has 1 aromatic heterocycles. The van der Waals surface area contributed by atoms with Gasteiger partial charge in [-0.15, -0.1) is 0 Å². The SMILES string of the molecule is Cc1cnc(=O)[nH]c1OCCO. The summed E-state index contributed by atoms with van der Waals surface area (Å²) in [7, 11) is 0. The van der Waals surface area contributed by atoms with Crippen molar-refractivity contribution in [3.63, 3.8) is 0 Å². The second-order valence-corrected chi connectivity index (χ2v) is 2.27. The molecule has 0 aliphatic heterocycles. The number of aromatic amines is 1. The summed E-state index contributed by atoms with van der Waals surface area (Å²) in [4.78, 5) is 16.6. The molecule has 0 fully saturated rings. The molecule has 12 heavy (non-hydrogen) atoms. The van der Waals surface area contributed by atoms with Crippen LogP contribution in [0.3, 0.4) is 0 Å². The molecule has 0 amide bonds. The van der Waals surface area contributed by atoms with Gasteiger partial charge in [-0.2, -0.15) is 0 Å². The summed E-state index contributed by atoms with van der Waals surface area (Å²) in [5.74, 6) is 0.365. The number of hydrogen-bond donors (Lipinski definition) is 2. The van der Waals surface area contributed by atoms with Crippen molar-refractivity contribution in [1.82, 2.24) is 9.97 Å². The van der Waals surface area contributed by atoms with E-state index in [1.165, 1.54) is 6.20 Å². The van der Waals surface area contributed by atoms with Crippen molar-refractivity contribution < 1.29 is 9.84 Å². The third-order valence-corrected chi connectivity index (χ3v) is 1.29. The molecule has 0 radical (unpaired) electrons. The molecule has 66 valence electrons. The van der Waals surface area contributed by atoms with Crippen LogP contribution in [0.4, 0.5) is 0 Å². The molecule has 0 saturated carbocycles. The van der Waals surface area contributed by atoms with Crippen LogP contribution in [0.5, 0.6) is 5.88 Å². The number of aliphatic hydroxyl groups excluding tert-OH is 1. The van der Waals surface area contributed by atoms with Crippen LogP contribution in [-0.4, -0.2) is 28.3 Å². The van der Waals surface area contributed by atoms with Crippen LogP contribution in [0.15, 0.2) is 11.0 Å². The topological polar surface area (TPSA) is 75.2 Å². The summed E-state index contributed by atoms with van der Waals surface area (Å²) < 4.78 is 5.02. The van der Waals surface area contributed by atoms with E-state index in [-0.39, 0.29) is 13.2 Å². The summed E-state index contributed by atoms with van der Waals surface area (Å²) in [6.45, 7) is 1.85. The van der Waals surface area contributed by atoms with Gasteiger partial charge in [0.1, 0.15) is 6.61 Å². The van der Waals surface area contributed by atoms with Crippen LogP contribution < -0.4 is 10.4 Å². The van der Waals surface area contributed by atoms with Gasteiger partial charge in [-0.3, -0.25) is 4.98 Å². The molecule has 0 bridgehead atoms. The predicted molar refractivity (Wildman–Crippen MR) is 42.2 cm³/mol. The molecule has 1 heterocycles. The van der Waals surface area contributed by atoms with Crippen molar-refractivity contribution in [2.24, 2.45) is 0 Å². The minimum atomic E-state index is -0.450. The second kappa shape index (κ2) is 3.87. The highest BCUT2D eigenvalue weighted by Gasteiger charge is 1.99. The maximum Gasteiger partial charge on any atom is 0.347 e. The van der Waals surface area contributed by atoms with Crippen molar-refractivity contribution in [3.8, 4) is 5.88 Å². The highest BCUT2D eigenvalue weighted by atomic mass is 16.5. The lowest BCUT2D eigenvalue weighted by Crippen LogP contribution is -2.13. The summed E-state index contributed by atoms with van der Waals surface area (Å²) in [6, 6.07) is 0. The Kier molecular flexibility index (Phi) is 2.82. The van der Waals surface area contributed by atoms with Gasteiger partial charge < -0.3 is 9.84 Å². The lowest BCUT2D eigenvalue weighted by Gasteiger charge is -2.04. The first-order chi connectivity index (χ1) is 5.74. The van der Waals surface area contributed by atoms with Crippen LogP contribution in [-0.2, 0) is 0 Å². The third-order valence-electron chi connectivity index (χ3n) is 1.29. The number of nitrogens with one attached hydrogen (secondary N) is 1. The molecule has 0 saturated heterocycles. The average Bonchev–Trinajstić information content (AvgIpc) is 2.07. The summed E-state index contributed by atoms with van der Waals surface area (Å²) in [5.41, 5.74) is 0.289. The Hall–Kier alpha value is -1.36. The van der Waals surface area contributed by atoms with E-state index in [0.29, 0.717) is 5.88 Å². The van der Waals surface area contributed by atoms with Crippen LogP contribution in [0.25, 0.3) is 0 Å². The number of nitrogens with zero attached hydrogens (tertiary/aromatic N) is 1. The van der Waals surface area contributed by atoms with Crippen LogP contribution in [0.2, 0.25) is 0 Å². The van der Waals surface area contributed by atoms with Crippen molar-refractivity contribution in [2.45, 2.75) is 6.92 Å². The fourth-order valence-corrected chi connectivity index (χ4v) is 0.740. The van der Waals surface area contributed by atoms with Crippen molar-refractivity contribution in [3.05, 3.63) is 22.2 Å². The molecule has 0 aliphatic carbocycles. The molecule has 0 spiro atoms. The van der Waals surface area contributed by atoms with Gasteiger partial charge in [0.15, 0.2) is 5.88 Å². The quantitative estimate of drug-likeness (QED) is 0.638. The van der Waals surface area contributed by atoms with Gasteiger partial charge in [-0.25, -0.2) is 9.78 Å². The zero-order valence-corrected chi connectivity index (χ0v) is 6.70. The Morgan fingerprint density at radius 3 is 3.17 bits per heavy atom. The fraction of sp³-hybridized carbons (Fsp3) is 0.429. The first-order valence-electron chi connectivity index (χ1n) is 3.53. The van der Waals surface area contributed by atoms with Crippen LogP contribution >= 0.6 is 0 Å². The first-order valence-corrected chi connectivity index (χ1v) is 3.53. The summed E-state index contributed by atoms with van der Waals surface area (Å²) in [6.07, 6.45) is 1.42. The molecule has 2 N–H and O–H groups in total. The number of aryl methyl sites for hydroxylation is 1. The Morgan fingerprint density at radius 2 is 2.50 bits per heavy atom. The maximum absolute atomic E-state index is 10.7. The molecule has 0 atom stereocenters. The number of aromatic nitrogens is 2. The van der Waals surface area contributed by atoms with E-state index in [4.69, 9.17) is 9.84 Å². The van der Waals surface area contributed by atoms with Gasteiger partial charge >= 0.3 is 5.69 Å². The Labute approximate surface area is 69.0 Å². The number of ether oxygens (including phenoxy) is 1. The number of aliphatic hydroxyl groups is 1. The fourth-order valence-electron chi connectivity index (χ4n) is 0.740. The van der Waals surface area contributed by atoms with Gasteiger partial charge in [0.25, 0.3) is 0 Å². The molecular weight excluding hydrogens is 160 g/mol. The van der Waals surface area contributed by atoms with Gasteiger partial charge in [-0.05, 0) is 6.92 Å². The number of H-pyrrole nitrogens is 1. The van der Waals surface area contributed by atoms with E-state index in [2.05, 4.69) is 9.97 Å². The van der Waals surface area contributed by atoms with Gasteiger partial charge in [0, 0.05) is 11.8 Å². The van der Waals surface area contributed by atoms with Crippen molar-refractivity contribution in [2.75, 3.05) is 13.2 Å². The molecule has 1 rings (SSSR count). The Morgan fingerprint density at radius 1 is 1.75 bits per heavy atom. The third kappa shape index (κ3) is 2.06. The minimum absolute atomic E-state index is 0.0796. The number of rotatable bonds is 3. The zero-order valence-electron chi connectivity index (χ0n) is 6.70. The largest absolute Gasteiger partial charge is 0.476 e. The molecule has 1 aromatic rings. The van der Waals surface area contributed by atoms with E-state index >= 15 is 0 Å². The molecule has 5 nitrogen and oxygen atoms in total. The van der Waals surface area contributed by atoms with E-state index in [9.17, 15) is 4.79 Å². The van der Waals surface area contributed by atoms with E-state index in [0.717, 1.165) is 5.56 Å². The van der Waals surface area contributed by atoms with Gasteiger partial charge in [0.2, 0.25) is 0 Å². The van der Waals surface area contributed by atoms with Crippen molar-refractivity contribution in [1.29, 1.82) is 0 Å². The van der Waals surface area contributed by atoms with Crippen LogP contribution in [0.1, 0.15) is 5.56 Å². The van der Waals surface area contributed by atoms with E-state index in [1.54, 1.807) is 6.92 Å². The molecule has 0 aromatic carbocycles. The van der Waals surface area contributed by atoms with Crippen molar-refractivity contribution >= 4 is 0 Å². The average molecular weight is 170 g/mol. The standard InChI is InChI=1S/C7H10N2O3/c1-5-4-8-7(11)9-6(5)12-3-2-10/h4,10H,2-3H2,1H3,(H,8,9,11). The lowest BCUT2D eigenvalue weighted by molar-refractivity contribution is 0.195. The second-order valence-electron chi connectivity index (χ2n) is 2.27. The van der Waals surface area contributed by atoms with Crippen LogP contribution in [0, 0.1) is 6.92 Å². The van der Waals surface area contributed by atoms with E-state index in [1.807, 2.05) is 0 Å². The highest BCUT2D eigenvalue weighted by molar-refractivity contribution is 5.19. The summed E-state index contributed by atoms with van der Waals surface area (Å²) in [5, 5.41) is 8.46. The van der Waals surface area contributed by atoms with Gasteiger partial charge in [-0.1, -0.05) is 0 Å². The minimum Gasteiger partial charge on any atom is -0.476 e. The maximum atomic E-state index is 10.7. The normalized spacial score (nSPS) is 9.83. The van der Waals surface area contributed by atoms with Gasteiger partial charge in [0.05, 0.1) is 6.61 Å². The molecular formula is C7H10N2O3. The van der Waals surface area contributed by atoms with E-state index < -0.39 is 5.69 Å². The lowest BCUT2D eigenvalue weighted by atomic mass is 10.4. The predicted octanol–water partition coefficient (Wildman–Crippen LogP) is -0.551. The summed E-state index contributed by atoms with van der Waals surface area (Å²) >= 11 is 0. The first kappa shape index (κ1) is 8.73. The Balaban J connectivity index is 2.82. The molecule has 0 unspecified atom stereocenters. The monoisotopic (exact) mass is 170 g/mol. The highest BCUT2D eigenvalue weighted by Crippen LogP contribution is 2.08. The zero-order chi connectivity index (χ0) is 8.97. The smallest absolute Gasteiger partial charge is 0.347 e.